The van der Waals surface area contributed by atoms with E-state index in [1.54, 1.807) is 24.9 Å². The zero-order valence-corrected chi connectivity index (χ0v) is 21.9. The highest BCUT2D eigenvalue weighted by Gasteiger charge is 2.33. The Morgan fingerprint density at radius 2 is 1.87 bits per heavy atom. The summed E-state index contributed by atoms with van der Waals surface area (Å²) in [6, 6.07) is 17.4. The number of thiazole rings is 1. The Labute approximate surface area is 226 Å². The Bertz CT molecular complexity index is 1870. The normalized spacial score (nSPS) is 16.2. The van der Waals surface area contributed by atoms with Crippen LogP contribution in [0.1, 0.15) is 34.7 Å². The number of hydrogen-bond donors (Lipinski definition) is 1. The van der Waals surface area contributed by atoms with Crippen molar-refractivity contribution < 1.29 is 19.5 Å². The van der Waals surface area contributed by atoms with E-state index in [2.05, 4.69) is 12.1 Å². The number of nitro groups is 1. The molecule has 3 aromatic carbocycles. The lowest BCUT2D eigenvalue weighted by Gasteiger charge is -2.31. The first-order chi connectivity index (χ1) is 18.9. The molecule has 1 aliphatic carbocycles. The summed E-state index contributed by atoms with van der Waals surface area (Å²) in [4.78, 5) is 30.1. The van der Waals surface area contributed by atoms with Crippen molar-refractivity contribution in [2.45, 2.75) is 18.9 Å². The molecule has 1 aromatic heterocycles. The maximum absolute atomic E-state index is 13.9. The number of rotatable bonds is 5. The van der Waals surface area contributed by atoms with Gasteiger partial charge in [-0.2, -0.15) is 0 Å². The molecule has 196 valence electrons. The van der Waals surface area contributed by atoms with Gasteiger partial charge in [0.2, 0.25) is 0 Å². The van der Waals surface area contributed by atoms with Crippen LogP contribution in [0.2, 0.25) is 0 Å². The number of ether oxygens (including phenoxy) is 2. The smallest absolute Gasteiger partial charge is 0.311 e. The molecule has 0 radical (unpaired) electrons. The van der Waals surface area contributed by atoms with Gasteiger partial charge in [-0.05, 0) is 59.4 Å². The van der Waals surface area contributed by atoms with Gasteiger partial charge in [-0.25, -0.2) is 4.99 Å². The minimum atomic E-state index is -0.656. The molecule has 0 bridgehead atoms. The molecule has 2 heterocycles. The van der Waals surface area contributed by atoms with Gasteiger partial charge in [0.25, 0.3) is 5.56 Å². The summed E-state index contributed by atoms with van der Waals surface area (Å²) in [6.45, 7) is 0. The largest absolute Gasteiger partial charge is 0.502 e. The molecule has 9 nitrogen and oxygen atoms in total. The van der Waals surface area contributed by atoms with Gasteiger partial charge in [0, 0.05) is 11.6 Å². The third-order valence-electron chi connectivity index (χ3n) is 7.09. The van der Waals surface area contributed by atoms with Gasteiger partial charge < -0.3 is 14.6 Å². The number of aryl methyl sites for hydroxylation is 1. The monoisotopic (exact) mass is 541 g/mol. The predicted octanol–water partition coefficient (Wildman–Crippen LogP) is 3.95. The number of aromatic hydroxyl groups is 1. The van der Waals surface area contributed by atoms with E-state index in [-0.39, 0.29) is 5.56 Å². The Hall–Kier alpha value is -4.70. The van der Waals surface area contributed by atoms with Crippen LogP contribution in [0.25, 0.3) is 11.8 Å². The third-order valence-corrected chi connectivity index (χ3v) is 8.07. The summed E-state index contributed by atoms with van der Waals surface area (Å²) in [5.41, 5.74) is 4.79. The van der Waals surface area contributed by atoms with Crippen LogP contribution in [0.5, 0.6) is 17.2 Å². The van der Waals surface area contributed by atoms with Crippen molar-refractivity contribution in [3.8, 4) is 17.2 Å². The molecule has 39 heavy (non-hydrogen) atoms. The van der Waals surface area contributed by atoms with Crippen LogP contribution in [-0.2, 0) is 6.42 Å². The second-order valence-corrected chi connectivity index (χ2v) is 10.2. The van der Waals surface area contributed by atoms with Crippen LogP contribution in [0.15, 0.2) is 76.0 Å². The van der Waals surface area contributed by atoms with Crippen molar-refractivity contribution in [2.75, 3.05) is 14.2 Å². The molecule has 2 aliphatic rings. The quantitative estimate of drug-likeness (QED) is 0.302. The lowest BCUT2D eigenvalue weighted by molar-refractivity contribution is -0.385. The number of phenolic OH excluding ortho intramolecular Hbond substituents is 1. The van der Waals surface area contributed by atoms with Crippen molar-refractivity contribution >= 4 is 28.8 Å². The lowest BCUT2D eigenvalue weighted by Crippen LogP contribution is -2.38. The van der Waals surface area contributed by atoms with Gasteiger partial charge in [-0.3, -0.25) is 19.5 Å². The minimum absolute atomic E-state index is 0.250. The third kappa shape index (κ3) is 4.09. The molecule has 4 aromatic rings. The Morgan fingerprint density at radius 1 is 1.08 bits per heavy atom. The lowest BCUT2D eigenvalue weighted by atomic mass is 9.83. The number of aromatic nitrogens is 1. The first-order valence-electron chi connectivity index (χ1n) is 12.2. The fraction of sp³-hybridized carbons (Fsp3) is 0.172. The van der Waals surface area contributed by atoms with Crippen LogP contribution in [0, 0.1) is 10.1 Å². The highest BCUT2D eigenvalue weighted by Crippen LogP contribution is 2.42. The number of phenols is 1. The number of nitrogens with zero attached hydrogens (tertiary/aromatic N) is 3. The van der Waals surface area contributed by atoms with E-state index in [1.807, 2.05) is 30.3 Å². The maximum Gasteiger partial charge on any atom is 0.311 e. The average Bonchev–Trinajstić information content (AvgIpc) is 3.26. The topological polar surface area (TPSA) is 116 Å². The van der Waals surface area contributed by atoms with Gasteiger partial charge in [0.1, 0.15) is 0 Å². The second kappa shape index (κ2) is 9.55. The van der Waals surface area contributed by atoms with Gasteiger partial charge in [0.05, 0.1) is 35.4 Å². The summed E-state index contributed by atoms with van der Waals surface area (Å²) < 4.78 is 13.1. The summed E-state index contributed by atoms with van der Waals surface area (Å²) in [6.07, 6.45) is 3.16. The van der Waals surface area contributed by atoms with Crippen molar-refractivity contribution in [3.05, 3.63) is 118 Å². The first-order valence-corrected chi connectivity index (χ1v) is 13.0. The van der Waals surface area contributed by atoms with Crippen molar-refractivity contribution in [1.29, 1.82) is 0 Å². The molecule has 6 rings (SSSR count). The van der Waals surface area contributed by atoms with E-state index >= 15 is 0 Å². The molecule has 1 atom stereocenters. The summed E-state index contributed by atoms with van der Waals surface area (Å²) in [5.74, 6) is 0.716. The zero-order chi connectivity index (χ0) is 27.3. The number of allylic oxidation sites excluding steroid dienone is 1. The summed E-state index contributed by atoms with van der Waals surface area (Å²) in [7, 11) is 3.15. The predicted molar refractivity (Wildman–Crippen MR) is 147 cm³/mol. The van der Waals surface area contributed by atoms with Crippen LogP contribution in [0.3, 0.4) is 0 Å². The van der Waals surface area contributed by atoms with Crippen LogP contribution < -0.4 is 24.4 Å². The van der Waals surface area contributed by atoms with E-state index in [9.17, 15) is 20.0 Å². The number of hydrogen-bond acceptors (Lipinski definition) is 8. The number of methoxy groups -OCH3 is 2. The molecule has 0 fully saturated rings. The second-order valence-electron chi connectivity index (χ2n) is 9.23. The summed E-state index contributed by atoms with van der Waals surface area (Å²) in [5, 5.41) is 21.2. The number of fused-ring (bicyclic) bond motifs is 3. The molecule has 1 N–H and O–H groups in total. The zero-order valence-electron chi connectivity index (χ0n) is 21.1. The van der Waals surface area contributed by atoms with Gasteiger partial charge in [-0.1, -0.05) is 47.7 Å². The molecule has 0 amide bonds. The van der Waals surface area contributed by atoms with Gasteiger partial charge in [-0.15, -0.1) is 0 Å². The highest BCUT2D eigenvalue weighted by atomic mass is 32.1. The molecule has 0 saturated carbocycles. The van der Waals surface area contributed by atoms with Gasteiger partial charge in [0.15, 0.2) is 22.0 Å². The molecular weight excluding hydrogens is 518 g/mol. The van der Waals surface area contributed by atoms with E-state index in [0.717, 1.165) is 35.2 Å². The molecule has 10 heteroatoms. The molecule has 1 aliphatic heterocycles. The maximum atomic E-state index is 13.9. The van der Waals surface area contributed by atoms with Crippen LogP contribution >= 0.6 is 11.3 Å². The van der Waals surface area contributed by atoms with Crippen molar-refractivity contribution in [2.24, 2.45) is 4.99 Å². The standard InChI is InChI=1S/C29H23N3O6S/c1-37-23-12-9-18(15-24(23)38-2)27-20-10-8-17-5-3-4-6-19(17)26(20)30-29-31(27)28(34)25(39-29)14-16-7-11-22(33)21(13-16)32(35)36/h3-7,9,11-15,27,33H,8,10H2,1-2H3/b25-14-/t27-/m0/s1. The first kappa shape index (κ1) is 24.6. The van der Waals surface area contributed by atoms with E-state index in [1.165, 1.54) is 35.1 Å². The average molecular weight is 542 g/mol. The number of nitro benzene ring substituents is 1. The Balaban J connectivity index is 1.60. The molecular formula is C29H23N3O6S. The van der Waals surface area contributed by atoms with Crippen LogP contribution in [0.4, 0.5) is 5.69 Å². The minimum Gasteiger partial charge on any atom is -0.502 e. The van der Waals surface area contributed by atoms with E-state index in [0.29, 0.717) is 26.4 Å². The Morgan fingerprint density at radius 3 is 2.64 bits per heavy atom. The Kier molecular flexibility index (Phi) is 6.03. The molecule has 0 spiro atoms. The van der Waals surface area contributed by atoms with E-state index < -0.39 is 22.4 Å². The molecule has 0 saturated heterocycles. The van der Waals surface area contributed by atoms with Crippen molar-refractivity contribution in [3.63, 3.8) is 0 Å². The van der Waals surface area contributed by atoms with Crippen molar-refractivity contribution in [1.82, 2.24) is 4.57 Å². The van der Waals surface area contributed by atoms with E-state index in [4.69, 9.17) is 14.5 Å². The SMILES string of the molecule is COc1ccc([C@H]2C3=C(N=c4s/c(=C\c5ccc(O)c([N+](=O)[O-])c5)c(=O)n42)c2ccccc2CC3)cc1OC. The van der Waals surface area contributed by atoms with Gasteiger partial charge >= 0.3 is 5.69 Å². The van der Waals surface area contributed by atoms with Crippen LogP contribution in [-0.4, -0.2) is 28.8 Å². The fourth-order valence-electron chi connectivity index (χ4n) is 5.27. The molecule has 0 unspecified atom stereocenters. The summed E-state index contributed by atoms with van der Waals surface area (Å²) >= 11 is 1.23. The fourth-order valence-corrected chi connectivity index (χ4v) is 6.27. The highest BCUT2D eigenvalue weighted by molar-refractivity contribution is 7.07. The number of benzene rings is 3.